The van der Waals surface area contributed by atoms with Gasteiger partial charge in [-0.05, 0) is 36.5 Å². The van der Waals surface area contributed by atoms with Crippen molar-refractivity contribution >= 4 is 5.97 Å². The topological polar surface area (TPSA) is 49.8 Å². The standard InChI is InChI=1S/C18H23NO3/c1-14(11-18(21)22-2)16-9-6-10-19(12-16)17(13-20)15-7-4-3-5-8-15/h3-5,7-8,11-12,17,20H,6,9-10,13H2,1-2H3/b14-11+/t17-/m0/s1. The van der Waals surface area contributed by atoms with Gasteiger partial charge in [0.1, 0.15) is 0 Å². The van der Waals surface area contributed by atoms with Gasteiger partial charge in [-0.2, -0.15) is 0 Å². The second kappa shape index (κ2) is 7.80. The van der Waals surface area contributed by atoms with E-state index in [-0.39, 0.29) is 18.6 Å². The lowest BCUT2D eigenvalue weighted by Gasteiger charge is -2.34. The fraction of sp³-hybridized carbons (Fsp3) is 0.389. The van der Waals surface area contributed by atoms with E-state index in [9.17, 15) is 9.90 Å². The summed E-state index contributed by atoms with van der Waals surface area (Å²) in [5.74, 6) is -0.336. The average molecular weight is 301 g/mol. The van der Waals surface area contributed by atoms with E-state index < -0.39 is 0 Å². The summed E-state index contributed by atoms with van der Waals surface area (Å²) in [5.41, 5.74) is 3.13. The molecule has 1 aromatic rings. The number of aliphatic hydroxyl groups is 1. The van der Waals surface area contributed by atoms with E-state index >= 15 is 0 Å². The Morgan fingerprint density at radius 3 is 2.77 bits per heavy atom. The van der Waals surface area contributed by atoms with E-state index in [2.05, 4.69) is 15.8 Å². The van der Waals surface area contributed by atoms with Gasteiger partial charge in [-0.25, -0.2) is 4.79 Å². The van der Waals surface area contributed by atoms with Crippen LogP contribution in [0.5, 0.6) is 0 Å². The zero-order chi connectivity index (χ0) is 15.9. The Hall–Kier alpha value is -2.07. The lowest BCUT2D eigenvalue weighted by atomic mass is 9.97. The second-order valence-electron chi connectivity index (χ2n) is 5.46. The number of esters is 1. The van der Waals surface area contributed by atoms with E-state index in [1.165, 1.54) is 13.2 Å². The highest BCUT2D eigenvalue weighted by Crippen LogP contribution is 2.28. The SMILES string of the molecule is COC(=O)/C=C(\C)C1=CN([C@@H](CO)c2ccccc2)CCC1. The van der Waals surface area contributed by atoms with E-state index in [4.69, 9.17) is 0 Å². The highest BCUT2D eigenvalue weighted by molar-refractivity contribution is 5.83. The molecular weight excluding hydrogens is 278 g/mol. The molecule has 22 heavy (non-hydrogen) atoms. The van der Waals surface area contributed by atoms with Gasteiger partial charge in [0.15, 0.2) is 0 Å². The fourth-order valence-electron chi connectivity index (χ4n) is 2.73. The summed E-state index contributed by atoms with van der Waals surface area (Å²) in [7, 11) is 1.38. The smallest absolute Gasteiger partial charge is 0.330 e. The first-order chi connectivity index (χ1) is 10.7. The van der Waals surface area contributed by atoms with Gasteiger partial charge in [-0.1, -0.05) is 30.3 Å². The Kier molecular flexibility index (Phi) is 5.78. The third-order valence-corrected chi connectivity index (χ3v) is 3.98. The van der Waals surface area contributed by atoms with Gasteiger partial charge >= 0.3 is 5.97 Å². The van der Waals surface area contributed by atoms with Gasteiger partial charge in [-0.3, -0.25) is 0 Å². The molecule has 4 nitrogen and oxygen atoms in total. The van der Waals surface area contributed by atoms with E-state index in [0.717, 1.165) is 36.1 Å². The number of ether oxygens (including phenoxy) is 1. The van der Waals surface area contributed by atoms with Crippen molar-refractivity contribution in [3.05, 3.63) is 59.3 Å². The van der Waals surface area contributed by atoms with Crippen LogP contribution < -0.4 is 0 Å². The summed E-state index contributed by atoms with van der Waals surface area (Å²) in [6.45, 7) is 2.88. The molecule has 0 saturated carbocycles. The molecule has 0 saturated heterocycles. The van der Waals surface area contributed by atoms with Crippen molar-refractivity contribution in [3.8, 4) is 0 Å². The molecule has 0 spiro atoms. The molecule has 0 bridgehead atoms. The number of hydrogen-bond donors (Lipinski definition) is 1. The van der Waals surface area contributed by atoms with Crippen molar-refractivity contribution in [2.24, 2.45) is 0 Å². The van der Waals surface area contributed by atoms with Crippen LogP contribution in [0.4, 0.5) is 0 Å². The molecule has 118 valence electrons. The molecule has 1 aliphatic rings. The number of carbonyl (C=O) groups is 1. The zero-order valence-electron chi connectivity index (χ0n) is 13.2. The minimum Gasteiger partial charge on any atom is -0.466 e. The van der Waals surface area contributed by atoms with E-state index in [0.29, 0.717) is 0 Å². The molecule has 0 unspecified atom stereocenters. The number of methoxy groups -OCH3 is 1. The van der Waals surface area contributed by atoms with Crippen LogP contribution in [0.15, 0.2) is 53.8 Å². The van der Waals surface area contributed by atoms with Gasteiger partial charge < -0.3 is 14.7 Å². The first-order valence-electron chi connectivity index (χ1n) is 7.54. The van der Waals surface area contributed by atoms with E-state index in [1.54, 1.807) is 0 Å². The summed E-state index contributed by atoms with van der Waals surface area (Å²) in [4.78, 5) is 13.5. The van der Waals surface area contributed by atoms with Crippen LogP contribution in [-0.2, 0) is 9.53 Å². The number of carbonyl (C=O) groups excluding carboxylic acids is 1. The zero-order valence-corrected chi connectivity index (χ0v) is 13.2. The number of benzene rings is 1. The van der Waals surface area contributed by atoms with Crippen molar-refractivity contribution in [2.45, 2.75) is 25.8 Å². The summed E-state index contributed by atoms with van der Waals surface area (Å²) >= 11 is 0. The van der Waals surface area contributed by atoms with Crippen LogP contribution in [-0.4, -0.2) is 36.2 Å². The minimum atomic E-state index is -0.336. The summed E-state index contributed by atoms with van der Waals surface area (Å²) in [5, 5.41) is 9.78. The molecule has 0 amide bonds. The van der Waals surface area contributed by atoms with Crippen molar-refractivity contribution < 1.29 is 14.6 Å². The quantitative estimate of drug-likeness (QED) is 0.671. The summed E-state index contributed by atoms with van der Waals surface area (Å²) in [6, 6.07) is 9.94. The van der Waals surface area contributed by atoms with Crippen LogP contribution in [0.3, 0.4) is 0 Å². The van der Waals surface area contributed by atoms with Crippen LogP contribution in [0, 0.1) is 0 Å². The lowest BCUT2D eigenvalue weighted by Crippen LogP contribution is -2.30. The molecule has 1 N–H and O–H groups in total. The Balaban J connectivity index is 2.22. The predicted molar refractivity (Wildman–Crippen MR) is 86.1 cm³/mol. The van der Waals surface area contributed by atoms with Crippen LogP contribution >= 0.6 is 0 Å². The van der Waals surface area contributed by atoms with Crippen LogP contribution in [0.1, 0.15) is 31.4 Å². The first kappa shape index (κ1) is 16.3. The second-order valence-corrected chi connectivity index (χ2v) is 5.46. The van der Waals surface area contributed by atoms with Gasteiger partial charge in [0.25, 0.3) is 0 Å². The van der Waals surface area contributed by atoms with Gasteiger partial charge in [-0.15, -0.1) is 0 Å². The highest BCUT2D eigenvalue weighted by Gasteiger charge is 2.21. The van der Waals surface area contributed by atoms with Crippen molar-refractivity contribution in [2.75, 3.05) is 20.3 Å². The normalized spacial score (nSPS) is 17.0. The Bertz CT molecular complexity index is 563. The molecule has 0 radical (unpaired) electrons. The molecule has 0 aromatic heterocycles. The molecule has 2 rings (SSSR count). The molecule has 1 aliphatic heterocycles. The van der Waals surface area contributed by atoms with Crippen molar-refractivity contribution in [3.63, 3.8) is 0 Å². The molecular formula is C18H23NO3. The number of hydrogen-bond acceptors (Lipinski definition) is 4. The molecule has 4 heteroatoms. The monoisotopic (exact) mass is 301 g/mol. The fourth-order valence-corrected chi connectivity index (χ4v) is 2.73. The van der Waals surface area contributed by atoms with Gasteiger partial charge in [0, 0.05) is 18.8 Å². The third kappa shape index (κ3) is 3.98. The largest absolute Gasteiger partial charge is 0.466 e. The average Bonchev–Trinajstić information content (AvgIpc) is 2.56. The van der Waals surface area contributed by atoms with Crippen LogP contribution in [0.2, 0.25) is 0 Å². The molecule has 0 aliphatic carbocycles. The number of aliphatic hydroxyl groups excluding tert-OH is 1. The first-order valence-corrected chi connectivity index (χ1v) is 7.54. The summed E-state index contributed by atoms with van der Waals surface area (Å²) in [6.07, 6.45) is 5.52. The summed E-state index contributed by atoms with van der Waals surface area (Å²) < 4.78 is 4.68. The lowest BCUT2D eigenvalue weighted by molar-refractivity contribution is -0.134. The van der Waals surface area contributed by atoms with Crippen molar-refractivity contribution in [1.82, 2.24) is 4.90 Å². The predicted octanol–water partition coefficient (Wildman–Crippen LogP) is 2.82. The maximum Gasteiger partial charge on any atom is 0.330 e. The maximum absolute atomic E-state index is 11.4. The highest BCUT2D eigenvalue weighted by atomic mass is 16.5. The Labute approximate surface area is 131 Å². The Morgan fingerprint density at radius 2 is 2.14 bits per heavy atom. The van der Waals surface area contributed by atoms with Crippen LogP contribution in [0.25, 0.3) is 0 Å². The molecule has 1 aromatic carbocycles. The number of rotatable bonds is 5. The molecule has 1 heterocycles. The van der Waals surface area contributed by atoms with Gasteiger partial charge in [0.05, 0.1) is 19.8 Å². The Morgan fingerprint density at radius 1 is 1.41 bits per heavy atom. The van der Waals surface area contributed by atoms with Crippen molar-refractivity contribution in [1.29, 1.82) is 0 Å². The van der Waals surface area contributed by atoms with Gasteiger partial charge in [0.2, 0.25) is 0 Å². The molecule has 1 atom stereocenters. The van der Waals surface area contributed by atoms with E-state index in [1.807, 2.05) is 37.3 Å². The molecule has 0 fully saturated rings. The third-order valence-electron chi connectivity index (χ3n) is 3.98. The number of allylic oxidation sites excluding steroid dienone is 2. The maximum atomic E-state index is 11.4. The minimum absolute atomic E-state index is 0.0533. The number of nitrogens with zero attached hydrogens (tertiary/aromatic N) is 1.